The van der Waals surface area contributed by atoms with Crippen molar-refractivity contribution < 1.29 is 0 Å². The van der Waals surface area contributed by atoms with Crippen molar-refractivity contribution in [2.24, 2.45) is 0 Å². The molecule has 0 radical (unpaired) electrons. The minimum Gasteiger partial charge on any atom is -0.309 e. The number of aryl methyl sites for hydroxylation is 1. The van der Waals surface area contributed by atoms with Crippen LogP contribution in [0.3, 0.4) is 0 Å². The van der Waals surface area contributed by atoms with Gasteiger partial charge >= 0.3 is 0 Å². The van der Waals surface area contributed by atoms with E-state index in [0.29, 0.717) is 0 Å². The lowest BCUT2D eigenvalue weighted by Crippen LogP contribution is -2.16. The molecule has 0 aromatic carbocycles. The van der Waals surface area contributed by atoms with Crippen molar-refractivity contribution >= 4 is 11.3 Å². The quantitative estimate of drug-likeness (QED) is 0.809. The molecule has 0 aliphatic heterocycles. The first-order valence-corrected chi connectivity index (χ1v) is 5.41. The summed E-state index contributed by atoms with van der Waals surface area (Å²) in [5.74, 6) is 0. The third kappa shape index (κ3) is 1.58. The topological polar surface area (TPSA) is 40.7 Å². The van der Waals surface area contributed by atoms with E-state index in [1.807, 2.05) is 19.4 Å². The lowest BCUT2D eigenvalue weighted by molar-refractivity contribution is 0.701. The summed E-state index contributed by atoms with van der Waals surface area (Å²) in [6.07, 6.45) is 3.79. The van der Waals surface area contributed by atoms with E-state index in [0.717, 1.165) is 0 Å². The minimum absolute atomic E-state index is 0.258. The number of H-pyrrole nitrogens is 1. The number of thiophene rings is 1. The molecule has 14 heavy (non-hydrogen) atoms. The van der Waals surface area contributed by atoms with Gasteiger partial charge < -0.3 is 5.32 Å². The summed E-state index contributed by atoms with van der Waals surface area (Å²) in [5.41, 5.74) is 2.51. The fourth-order valence-electron chi connectivity index (χ4n) is 1.55. The highest BCUT2D eigenvalue weighted by Gasteiger charge is 2.15. The van der Waals surface area contributed by atoms with Gasteiger partial charge in [-0.3, -0.25) is 5.10 Å². The summed E-state index contributed by atoms with van der Waals surface area (Å²) in [7, 11) is 1.97. The van der Waals surface area contributed by atoms with Crippen molar-refractivity contribution in [3.8, 4) is 0 Å². The zero-order valence-electron chi connectivity index (χ0n) is 8.24. The number of nitrogens with one attached hydrogen (secondary N) is 2. The lowest BCUT2D eigenvalue weighted by Gasteiger charge is -2.13. The maximum absolute atomic E-state index is 3.97. The van der Waals surface area contributed by atoms with Gasteiger partial charge in [0.25, 0.3) is 0 Å². The van der Waals surface area contributed by atoms with Crippen molar-refractivity contribution in [2.45, 2.75) is 13.0 Å². The van der Waals surface area contributed by atoms with Crippen LogP contribution in [0.25, 0.3) is 0 Å². The Bertz CT molecular complexity index is 391. The van der Waals surface area contributed by atoms with Gasteiger partial charge in [0.15, 0.2) is 0 Å². The molecule has 0 amide bonds. The molecule has 0 fully saturated rings. The second-order valence-corrected chi connectivity index (χ2v) is 4.17. The Balaban J connectivity index is 2.36. The summed E-state index contributed by atoms with van der Waals surface area (Å²) < 4.78 is 0. The Morgan fingerprint density at radius 2 is 2.43 bits per heavy atom. The van der Waals surface area contributed by atoms with Crippen LogP contribution < -0.4 is 5.32 Å². The zero-order chi connectivity index (χ0) is 9.97. The SMILES string of the molecule is CNC(c1cn[nH]c1)c1sccc1C. The standard InChI is InChI=1S/C10H13N3S/c1-7-3-4-14-10(7)9(11-2)8-5-12-13-6-8/h3-6,9,11H,1-2H3,(H,12,13). The largest absolute Gasteiger partial charge is 0.309 e. The molecule has 1 unspecified atom stereocenters. The second-order valence-electron chi connectivity index (χ2n) is 3.22. The molecule has 74 valence electrons. The molecule has 2 aromatic heterocycles. The van der Waals surface area contributed by atoms with Gasteiger partial charge in [-0.05, 0) is 31.0 Å². The summed E-state index contributed by atoms with van der Waals surface area (Å²) >= 11 is 1.78. The smallest absolute Gasteiger partial charge is 0.0702 e. The molecule has 1 atom stereocenters. The van der Waals surface area contributed by atoms with Gasteiger partial charge in [-0.1, -0.05) is 0 Å². The Labute approximate surface area is 87.2 Å². The Morgan fingerprint density at radius 3 is 2.93 bits per heavy atom. The molecule has 0 aliphatic rings. The van der Waals surface area contributed by atoms with Crippen LogP contribution in [-0.2, 0) is 0 Å². The molecule has 0 aliphatic carbocycles. The van der Waals surface area contributed by atoms with Gasteiger partial charge in [0.05, 0.1) is 12.2 Å². The van der Waals surface area contributed by atoms with E-state index >= 15 is 0 Å². The highest BCUT2D eigenvalue weighted by molar-refractivity contribution is 7.10. The van der Waals surface area contributed by atoms with Crippen LogP contribution >= 0.6 is 11.3 Å². The fourth-order valence-corrected chi connectivity index (χ4v) is 2.61. The minimum atomic E-state index is 0.258. The third-order valence-corrected chi connectivity index (χ3v) is 3.39. The number of rotatable bonds is 3. The number of hydrogen-bond donors (Lipinski definition) is 2. The molecule has 2 heterocycles. The summed E-state index contributed by atoms with van der Waals surface area (Å²) in [6.45, 7) is 2.14. The van der Waals surface area contributed by atoms with Crippen molar-refractivity contribution in [3.05, 3.63) is 39.8 Å². The predicted molar refractivity (Wildman–Crippen MR) is 58.5 cm³/mol. The molecule has 2 aromatic rings. The van der Waals surface area contributed by atoms with E-state index in [9.17, 15) is 0 Å². The van der Waals surface area contributed by atoms with E-state index in [4.69, 9.17) is 0 Å². The zero-order valence-corrected chi connectivity index (χ0v) is 9.06. The van der Waals surface area contributed by atoms with Crippen molar-refractivity contribution in [1.29, 1.82) is 0 Å². The van der Waals surface area contributed by atoms with Crippen molar-refractivity contribution in [1.82, 2.24) is 15.5 Å². The first-order valence-electron chi connectivity index (χ1n) is 4.53. The van der Waals surface area contributed by atoms with Crippen LogP contribution in [0.2, 0.25) is 0 Å². The molecule has 2 rings (SSSR count). The van der Waals surface area contributed by atoms with Gasteiger partial charge in [0, 0.05) is 16.6 Å². The Hall–Kier alpha value is -1.13. The van der Waals surface area contributed by atoms with Gasteiger partial charge in [0.1, 0.15) is 0 Å². The summed E-state index contributed by atoms with van der Waals surface area (Å²) in [4.78, 5) is 1.36. The lowest BCUT2D eigenvalue weighted by atomic mass is 10.1. The fraction of sp³-hybridized carbons (Fsp3) is 0.300. The monoisotopic (exact) mass is 207 g/mol. The number of nitrogens with zero attached hydrogens (tertiary/aromatic N) is 1. The highest BCUT2D eigenvalue weighted by Crippen LogP contribution is 2.28. The molecule has 0 spiro atoms. The normalized spacial score (nSPS) is 13.0. The average molecular weight is 207 g/mol. The first kappa shape index (κ1) is 9.43. The molecule has 3 nitrogen and oxygen atoms in total. The van der Waals surface area contributed by atoms with Gasteiger partial charge in [0.2, 0.25) is 0 Å². The summed E-state index contributed by atoms with van der Waals surface area (Å²) in [6, 6.07) is 2.40. The second kappa shape index (κ2) is 3.94. The number of aromatic amines is 1. The maximum Gasteiger partial charge on any atom is 0.0702 e. The third-order valence-electron chi connectivity index (χ3n) is 2.31. The predicted octanol–water partition coefficient (Wildman–Crippen LogP) is 2.09. The number of aromatic nitrogens is 2. The molecule has 0 saturated heterocycles. The van der Waals surface area contributed by atoms with E-state index in [-0.39, 0.29) is 6.04 Å². The van der Waals surface area contributed by atoms with Crippen molar-refractivity contribution in [2.75, 3.05) is 7.05 Å². The van der Waals surface area contributed by atoms with Gasteiger partial charge in [-0.15, -0.1) is 11.3 Å². The van der Waals surface area contributed by atoms with Crippen LogP contribution in [-0.4, -0.2) is 17.2 Å². The van der Waals surface area contributed by atoms with Crippen LogP contribution in [0.5, 0.6) is 0 Å². The van der Waals surface area contributed by atoms with Crippen LogP contribution in [0, 0.1) is 6.92 Å². The number of hydrogen-bond acceptors (Lipinski definition) is 3. The first-order chi connectivity index (χ1) is 6.83. The van der Waals surface area contributed by atoms with Gasteiger partial charge in [-0.2, -0.15) is 5.10 Å². The molecule has 2 N–H and O–H groups in total. The molecular weight excluding hydrogens is 194 g/mol. The van der Waals surface area contributed by atoms with E-state index < -0.39 is 0 Å². The van der Waals surface area contributed by atoms with Crippen LogP contribution in [0.1, 0.15) is 22.0 Å². The maximum atomic E-state index is 3.97. The van der Waals surface area contributed by atoms with Crippen LogP contribution in [0.15, 0.2) is 23.8 Å². The average Bonchev–Trinajstić information content (AvgIpc) is 2.80. The van der Waals surface area contributed by atoms with E-state index in [1.165, 1.54) is 16.0 Å². The Kier molecular flexibility index (Phi) is 2.65. The highest BCUT2D eigenvalue weighted by atomic mass is 32.1. The molecular formula is C10H13N3S. The summed E-state index contributed by atoms with van der Waals surface area (Å²) in [5, 5.41) is 12.2. The molecule has 0 bridgehead atoms. The van der Waals surface area contributed by atoms with E-state index in [2.05, 4.69) is 33.9 Å². The van der Waals surface area contributed by atoms with Crippen molar-refractivity contribution in [3.63, 3.8) is 0 Å². The molecule has 0 saturated carbocycles. The van der Waals surface area contributed by atoms with Crippen LogP contribution in [0.4, 0.5) is 0 Å². The Morgan fingerprint density at radius 1 is 1.57 bits per heavy atom. The van der Waals surface area contributed by atoms with E-state index in [1.54, 1.807) is 11.3 Å². The molecule has 4 heteroatoms. The van der Waals surface area contributed by atoms with Gasteiger partial charge in [-0.25, -0.2) is 0 Å².